The Labute approximate surface area is 206 Å². The van der Waals surface area contributed by atoms with Crippen molar-refractivity contribution in [2.24, 2.45) is 0 Å². The van der Waals surface area contributed by atoms with Crippen LogP contribution in [0.1, 0.15) is 47.8 Å². The number of ether oxygens (including phenoxy) is 1. The number of amides is 1. The number of carbonyl (C=O) groups is 1. The van der Waals surface area contributed by atoms with Gasteiger partial charge in [0, 0.05) is 41.9 Å². The number of benzene rings is 1. The van der Waals surface area contributed by atoms with Crippen LogP contribution in [0, 0.1) is 0 Å². The van der Waals surface area contributed by atoms with Crippen LogP contribution in [0.5, 0.6) is 11.6 Å². The number of H-pyrrole nitrogens is 1. The van der Waals surface area contributed by atoms with Gasteiger partial charge in [-0.3, -0.25) is 14.0 Å². The Morgan fingerprint density at radius 1 is 1.00 bits per heavy atom. The standard InChI is InChI=1S/C27H24N6O3/c34-26-21-6-2-1-5-20(21)25(31-32-26)17-8-10-18(11-9-17)30-27(35)22-16-29-23-15-19(12-14-33(22)23)36-24-7-3-4-13-28-24/h1-7,12-18H,8-11H2,(H,30,35)(H,32,34). The summed E-state index contributed by atoms with van der Waals surface area (Å²) in [5.41, 5.74) is 1.86. The Morgan fingerprint density at radius 3 is 2.61 bits per heavy atom. The van der Waals surface area contributed by atoms with E-state index in [1.807, 2.05) is 36.4 Å². The van der Waals surface area contributed by atoms with E-state index in [1.165, 1.54) is 0 Å². The molecule has 9 nitrogen and oxygen atoms in total. The first-order valence-corrected chi connectivity index (χ1v) is 12.0. The molecule has 5 aromatic rings. The minimum Gasteiger partial charge on any atom is -0.439 e. The number of hydrogen-bond donors (Lipinski definition) is 2. The molecule has 0 bridgehead atoms. The number of hydrogen-bond acceptors (Lipinski definition) is 6. The van der Waals surface area contributed by atoms with Gasteiger partial charge in [-0.2, -0.15) is 5.10 Å². The zero-order valence-electron chi connectivity index (χ0n) is 19.4. The third-order valence-electron chi connectivity index (χ3n) is 6.75. The SMILES string of the molecule is O=C(NC1CCC(c2n[nH]c(=O)c3ccccc23)CC1)c1cnc2cc(Oc3ccccn3)ccn12. The van der Waals surface area contributed by atoms with Crippen LogP contribution in [0.25, 0.3) is 16.4 Å². The summed E-state index contributed by atoms with van der Waals surface area (Å²) in [6.07, 6.45) is 8.47. The van der Waals surface area contributed by atoms with Crippen molar-refractivity contribution < 1.29 is 9.53 Å². The first kappa shape index (κ1) is 22.0. The number of imidazole rings is 1. The molecule has 9 heteroatoms. The summed E-state index contributed by atoms with van der Waals surface area (Å²) in [4.78, 5) is 33.7. The molecule has 1 amide bonds. The van der Waals surface area contributed by atoms with Crippen LogP contribution >= 0.6 is 0 Å². The summed E-state index contributed by atoms with van der Waals surface area (Å²) in [6.45, 7) is 0. The van der Waals surface area contributed by atoms with Crippen LogP contribution < -0.4 is 15.6 Å². The van der Waals surface area contributed by atoms with E-state index < -0.39 is 0 Å². The molecule has 1 aliphatic carbocycles. The van der Waals surface area contributed by atoms with Crippen molar-refractivity contribution in [2.45, 2.75) is 37.6 Å². The second-order valence-electron chi connectivity index (χ2n) is 9.01. The molecule has 0 atom stereocenters. The van der Waals surface area contributed by atoms with Crippen molar-refractivity contribution in [1.82, 2.24) is 29.9 Å². The molecule has 1 aromatic carbocycles. The van der Waals surface area contributed by atoms with Gasteiger partial charge < -0.3 is 10.1 Å². The number of pyridine rings is 2. The van der Waals surface area contributed by atoms with E-state index in [0.717, 1.165) is 36.8 Å². The van der Waals surface area contributed by atoms with Gasteiger partial charge in [0.2, 0.25) is 5.88 Å². The summed E-state index contributed by atoms with van der Waals surface area (Å²) >= 11 is 0. The van der Waals surface area contributed by atoms with Crippen LogP contribution in [0.4, 0.5) is 0 Å². The van der Waals surface area contributed by atoms with Gasteiger partial charge in [-0.25, -0.2) is 15.1 Å². The van der Waals surface area contributed by atoms with E-state index in [4.69, 9.17) is 4.74 Å². The number of aromatic nitrogens is 5. The van der Waals surface area contributed by atoms with Crippen molar-refractivity contribution >= 4 is 22.3 Å². The molecule has 0 spiro atoms. The van der Waals surface area contributed by atoms with Gasteiger partial charge in [0.1, 0.15) is 17.1 Å². The first-order valence-electron chi connectivity index (χ1n) is 12.0. The van der Waals surface area contributed by atoms with Crippen LogP contribution in [-0.4, -0.2) is 36.5 Å². The number of rotatable bonds is 5. The fraction of sp³-hybridized carbons (Fsp3) is 0.222. The predicted molar refractivity (Wildman–Crippen MR) is 134 cm³/mol. The molecule has 1 saturated carbocycles. The van der Waals surface area contributed by atoms with Crippen LogP contribution in [0.3, 0.4) is 0 Å². The third-order valence-corrected chi connectivity index (χ3v) is 6.75. The number of fused-ring (bicyclic) bond motifs is 2. The van der Waals surface area contributed by atoms with Crippen molar-refractivity contribution in [3.8, 4) is 11.6 Å². The first-order chi connectivity index (χ1) is 17.7. The maximum absolute atomic E-state index is 13.1. The molecule has 0 aliphatic heterocycles. The number of nitrogens with one attached hydrogen (secondary N) is 2. The highest BCUT2D eigenvalue weighted by atomic mass is 16.5. The second kappa shape index (κ2) is 9.26. The molecule has 36 heavy (non-hydrogen) atoms. The Balaban J connectivity index is 1.12. The third kappa shape index (κ3) is 4.19. The lowest BCUT2D eigenvalue weighted by molar-refractivity contribution is 0.0919. The molecule has 4 heterocycles. The van der Waals surface area contributed by atoms with Crippen LogP contribution in [0.15, 0.2) is 78.0 Å². The summed E-state index contributed by atoms with van der Waals surface area (Å²) in [5, 5.41) is 11.8. The summed E-state index contributed by atoms with van der Waals surface area (Å²) in [5.74, 6) is 1.18. The Morgan fingerprint density at radius 2 is 1.81 bits per heavy atom. The van der Waals surface area contributed by atoms with E-state index in [0.29, 0.717) is 28.4 Å². The van der Waals surface area contributed by atoms with Crippen molar-refractivity contribution in [1.29, 1.82) is 0 Å². The van der Waals surface area contributed by atoms with Crippen molar-refractivity contribution in [3.05, 3.63) is 94.9 Å². The fourth-order valence-corrected chi connectivity index (χ4v) is 4.94. The minimum atomic E-state index is -0.168. The lowest BCUT2D eigenvalue weighted by Crippen LogP contribution is -2.38. The quantitative estimate of drug-likeness (QED) is 0.389. The van der Waals surface area contributed by atoms with Gasteiger partial charge >= 0.3 is 0 Å². The van der Waals surface area contributed by atoms with Gasteiger partial charge in [0.25, 0.3) is 11.5 Å². The minimum absolute atomic E-state index is 0.0695. The molecule has 1 aliphatic rings. The Bertz CT molecular complexity index is 1600. The van der Waals surface area contributed by atoms with Gasteiger partial charge in [-0.1, -0.05) is 24.3 Å². The Hall–Kier alpha value is -4.53. The molecule has 1 fully saturated rings. The molecule has 0 saturated heterocycles. The van der Waals surface area contributed by atoms with E-state index >= 15 is 0 Å². The fourth-order valence-electron chi connectivity index (χ4n) is 4.94. The van der Waals surface area contributed by atoms with E-state index in [-0.39, 0.29) is 23.4 Å². The van der Waals surface area contributed by atoms with Crippen LogP contribution in [0.2, 0.25) is 0 Å². The summed E-state index contributed by atoms with van der Waals surface area (Å²) < 4.78 is 7.52. The number of carbonyl (C=O) groups excluding carboxylic acids is 1. The zero-order valence-corrected chi connectivity index (χ0v) is 19.4. The zero-order chi connectivity index (χ0) is 24.5. The summed E-state index contributed by atoms with van der Waals surface area (Å²) in [6, 6.07) is 16.7. The van der Waals surface area contributed by atoms with Crippen molar-refractivity contribution in [3.63, 3.8) is 0 Å². The van der Waals surface area contributed by atoms with Gasteiger partial charge in [0.05, 0.1) is 17.3 Å². The van der Waals surface area contributed by atoms with E-state index in [2.05, 4.69) is 25.5 Å². The highest BCUT2D eigenvalue weighted by Crippen LogP contribution is 2.34. The molecule has 180 valence electrons. The average Bonchev–Trinajstić information content (AvgIpc) is 3.34. The number of aromatic amines is 1. The molecule has 0 radical (unpaired) electrons. The van der Waals surface area contributed by atoms with Gasteiger partial charge in [0.15, 0.2) is 0 Å². The maximum atomic E-state index is 13.1. The molecule has 6 rings (SSSR count). The maximum Gasteiger partial charge on any atom is 0.272 e. The molecule has 0 unspecified atom stereocenters. The molecule has 4 aromatic heterocycles. The largest absolute Gasteiger partial charge is 0.439 e. The van der Waals surface area contributed by atoms with E-state index in [1.54, 1.807) is 41.2 Å². The molecular formula is C27H24N6O3. The second-order valence-corrected chi connectivity index (χ2v) is 9.01. The summed E-state index contributed by atoms with van der Waals surface area (Å²) in [7, 11) is 0. The number of nitrogens with zero attached hydrogens (tertiary/aromatic N) is 4. The molecular weight excluding hydrogens is 456 g/mol. The van der Waals surface area contributed by atoms with Crippen LogP contribution in [-0.2, 0) is 0 Å². The normalized spacial score (nSPS) is 17.8. The highest BCUT2D eigenvalue weighted by Gasteiger charge is 2.27. The average molecular weight is 481 g/mol. The molecule has 2 N–H and O–H groups in total. The lowest BCUT2D eigenvalue weighted by atomic mass is 9.82. The smallest absolute Gasteiger partial charge is 0.272 e. The predicted octanol–water partition coefficient (Wildman–Crippen LogP) is 4.21. The van der Waals surface area contributed by atoms with Gasteiger partial charge in [-0.15, -0.1) is 0 Å². The lowest BCUT2D eigenvalue weighted by Gasteiger charge is -2.29. The highest BCUT2D eigenvalue weighted by molar-refractivity contribution is 5.93. The Kier molecular flexibility index (Phi) is 5.65. The monoisotopic (exact) mass is 480 g/mol. The van der Waals surface area contributed by atoms with E-state index in [9.17, 15) is 9.59 Å². The van der Waals surface area contributed by atoms with Gasteiger partial charge in [-0.05, 0) is 43.9 Å². The topological polar surface area (TPSA) is 114 Å². The van der Waals surface area contributed by atoms with Crippen molar-refractivity contribution in [2.75, 3.05) is 0 Å².